The van der Waals surface area contributed by atoms with Crippen molar-refractivity contribution in [2.24, 2.45) is 11.8 Å². The Labute approximate surface area is 137 Å². The molecule has 0 amide bonds. The fourth-order valence-electron chi connectivity index (χ4n) is 2.59. The molecule has 130 valence electrons. The van der Waals surface area contributed by atoms with Crippen LogP contribution in [0.2, 0.25) is 0 Å². The maximum Gasteiger partial charge on any atom is 0.311 e. The van der Waals surface area contributed by atoms with Crippen LogP contribution in [0.4, 0.5) is 0 Å². The summed E-state index contributed by atoms with van der Waals surface area (Å²) < 4.78 is 22.1. The summed E-state index contributed by atoms with van der Waals surface area (Å²) >= 11 is 0. The molecule has 0 atom stereocenters. The third kappa shape index (κ3) is 3.57. The van der Waals surface area contributed by atoms with Crippen molar-refractivity contribution in [2.75, 3.05) is 26.4 Å². The van der Waals surface area contributed by atoms with E-state index >= 15 is 0 Å². The molecule has 0 aliphatic carbocycles. The molecule has 1 aromatic carbocycles. The molecule has 1 aromatic rings. The SMILES string of the molecule is O=C(O)C1COC(c2ccccc2C2OCC(C(=O)O)CO2)OC1. The Morgan fingerprint density at radius 2 is 1.08 bits per heavy atom. The molecule has 0 radical (unpaired) electrons. The lowest BCUT2D eigenvalue weighted by Crippen LogP contribution is -2.34. The van der Waals surface area contributed by atoms with E-state index in [1.54, 1.807) is 24.3 Å². The van der Waals surface area contributed by atoms with Gasteiger partial charge in [0.25, 0.3) is 0 Å². The number of benzene rings is 1. The summed E-state index contributed by atoms with van der Waals surface area (Å²) in [5.74, 6) is -3.29. The lowest BCUT2D eigenvalue weighted by molar-refractivity contribution is -0.222. The van der Waals surface area contributed by atoms with Crippen LogP contribution >= 0.6 is 0 Å². The van der Waals surface area contributed by atoms with Crippen molar-refractivity contribution in [3.05, 3.63) is 35.4 Å². The van der Waals surface area contributed by atoms with Gasteiger partial charge >= 0.3 is 11.9 Å². The third-order valence-corrected chi connectivity index (χ3v) is 4.00. The summed E-state index contributed by atoms with van der Waals surface area (Å²) in [6, 6.07) is 7.18. The topological polar surface area (TPSA) is 112 Å². The predicted molar refractivity (Wildman–Crippen MR) is 78.0 cm³/mol. The standard InChI is InChI=1S/C16H18O8/c17-13(18)9-5-21-15(22-6-9)11-3-1-2-4-12(11)16-23-7-10(8-24-16)14(19)20/h1-4,9-10,15-16H,5-8H2,(H,17,18)(H,19,20). The van der Waals surface area contributed by atoms with Crippen LogP contribution in [-0.2, 0) is 28.5 Å². The van der Waals surface area contributed by atoms with E-state index in [1.807, 2.05) is 0 Å². The number of rotatable bonds is 4. The van der Waals surface area contributed by atoms with Crippen molar-refractivity contribution in [2.45, 2.75) is 12.6 Å². The Balaban J connectivity index is 1.70. The van der Waals surface area contributed by atoms with Gasteiger partial charge in [-0.1, -0.05) is 24.3 Å². The molecule has 0 bridgehead atoms. The van der Waals surface area contributed by atoms with Gasteiger partial charge < -0.3 is 29.2 Å². The number of carboxylic acids is 2. The summed E-state index contributed by atoms with van der Waals surface area (Å²) in [7, 11) is 0. The number of carboxylic acid groups (broad SMARTS) is 2. The summed E-state index contributed by atoms with van der Waals surface area (Å²) in [6.45, 7) is 0.229. The average Bonchev–Trinajstić information content (AvgIpc) is 2.62. The molecule has 0 unspecified atom stereocenters. The monoisotopic (exact) mass is 338 g/mol. The van der Waals surface area contributed by atoms with E-state index < -0.39 is 36.4 Å². The van der Waals surface area contributed by atoms with Crippen LogP contribution in [0.15, 0.2) is 24.3 Å². The van der Waals surface area contributed by atoms with Gasteiger partial charge in [-0.05, 0) is 0 Å². The van der Waals surface area contributed by atoms with Crippen molar-refractivity contribution >= 4 is 11.9 Å². The zero-order valence-electron chi connectivity index (χ0n) is 12.8. The quantitative estimate of drug-likeness (QED) is 0.842. The second-order valence-corrected chi connectivity index (χ2v) is 5.70. The van der Waals surface area contributed by atoms with Crippen molar-refractivity contribution < 1.29 is 38.7 Å². The van der Waals surface area contributed by atoms with E-state index in [9.17, 15) is 9.59 Å². The molecule has 8 nitrogen and oxygen atoms in total. The molecule has 2 N–H and O–H groups in total. The normalized spacial score (nSPS) is 30.7. The van der Waals surface area contributed by atoms with Crippen LogP contribution in [-0.4, -0.2) is 48.6 Å². The second kappa shape index (κ2) is 7.27. The Morgan fingerprint density at radius 3 is 1.38 bits per heavy atom. The van der Waals surface area contributed by atoms with E-state index in [2.05, 4.69) is 0 Å². The van der Waals surface area contributed by atoms with Gasteiger partial charge in [-0.3, -0.25) is 9.59 Å². The zero-order chi connectivity index (χ0) is 17.1. The highest BCUT2D eigenvalue weighted by molar-refractivity contribution is 5.70. The minimum absolute atomic E-state index is 0.0573. The Morgan fingerprint density at radius 1 is 0.750 bits per heavy atom. The molecule has 2 aliphatic heterocycles. The molecule has 3 rings (SSSR count). The Bertz CT molecular complexity index is 547. The van der Waals surface area contributed by atoms with Gasteiger partial charge in [-0.25, -0.2) is 0 Å². The zero-order valence-corrected chi connectivity index (χ0v) is 12.8. The van der Waals surface area contributed by atoms with Crippen LogP contribution in [0.1, 0.15) is 23.7 Å². The number of carbonyl (C=O) groups is 2. The van der Waals surface area contributed by atoms with Crippen molar-refractivity contribution in [1.29, 1.82) is 0 Å². The number of hydrogen-bond acceptors (Lipinski definition) is 6. The Hall–Kier alpha value is -2.00. The van der Waals surface area contributed by atoms with Gasteiger partial charge in [0.05, 0.1) is 26.4 Å². The highest BCUT2D eigenvalue weighted by Crippen LogP contribution is 2.34. The molecule has 0 saturated carbocycles. The average molecular weight is 338 g/mol. The lowest BCUT2D eigenvalue weighted by Gasteiger charge is -2.32. The summed E-state index contributed by atoms with van der Waals surface area (Å²) in [6.07, 6.45) is -1.41. The van der Waals surface area contributed by atoms with Crippen LogP contribution < -0.4 is 0 Å². The van der Waals surface area contributed by atoms with Gasteiger partial charge in [0.1, 0.15) is 11.8 Å². The molecule has 0 aromatic heterocycles. The number of aliphatic carboxylic acids is 2. The van der Waals surface area contributed by atoms with Gasteiger partial charge in [-0.2, -0.15) is 0 Å². The lowest BCUT2D eigenvalue weighted by atomic mass is 10.0. The first kappa shape index (κ1) is 16.8. The summed E-state index contributed by atoms with van der Waals surface area (Å²) in [4.78, 5) is 21.9. The van der Waals surface area contributed by atoms with E-state index in [1.165, 1.54) is 0 Å². The molecule has 24 heavy (non-hydrogen) atoms. The van der Waals surface area contributed by atoms with Crippen LogP contribution in [0.5, 0.6) is 0 Å². The van der Waals surface area contributed by atoms with Gasteiger partial charge in [-0.15, -0.1) is 0 Å². The fraction of sp³-hybridized carbons (Fsp3) is 0.500. The van der Waals surface area contributed by atoms with Gasteiger partial charge in [0, 0.05) is 11.1 Å². The number of hydrogen-bond donors (Lipinski definition) is 2. The Kier molecular flexibility index (Phi) is 5.10. The molecule has 2 saturated heterocycles. The van der Waals surface area contributed by atoms with Crippen molar-refractivity contribution in [1.82, 2.24) is 0 Å². The molecule has 0 spiro atoms. The third-order valence-electron chi connectivity index (χ3n) is 4.00. The predicted octanol–water partition coefficient (Wildman–Crippen LogP) is 1.18. The van der Waals surface area contributed by atoms with Crippen LogP contribution in [0.3, 0.4) is 0 Å². The maximum absolute atomic E-state index is 10.9. The van der Waals surface area contributed by atoms with Crippen LogP contribution in [0.25, 0.3) is 0 Å². The largest absolute Gasteiger partial charge is 0.481 e. The van der Waals surface area contributed by atoms with Crippen LogP contribution in [0, 0.1) is 11.8 Å². The maximum atomic E-state index is 10.9. The van der Waals surface area contributed by atoms with E-state index in [0.29, 0.717) is 11.1 Å². The van der Waals surface area contributed by atoms with E-state index in [4.69, 9.17) is 29.2 Å². The highest BCUT2D eigenvalue weighted by atomic mass is 16.7. The minimum atomic E-state index is -0.958. The fourth-order valence-corrected chi connectivity index (χ4v) is 2.59. The molecule has 2 heterocycles. The van der Waals surface area contributed by atoms with Gasteiger partial charge in [0.2, 0.25) is 0 Å². The first-order valence-corrected chi connectivity index (χ1v) is 7.57. The molecule has 2 aliphatic rings. The second-order valence-electron chi connectivity index (χ2n) is 5.70. The number of ether oxygens (including phenoxy) is 4. The van der Waals surface area contributed by atoms with Crippen molar-refractivity contribution in [3.63, 3.8) is 0 Å². The molecular formula is C16H18O8. The summed E-state index contributed by atoms with van der Waals surface area (Å²) in [5.41, 5.74) is 1.36. The minimum Gasteiger partial charge on any atom is -0.481 e. The highest BCUT2D eigenvalue weighted by Gasteiger charge is 2.33. The smallest absolute Gasteiger partial charge is 0.311 e. The summed E-state index contributed by atoms with van der Waals surface area (Å²) in [5, 5.41) is 18.0. The molecule has 8 heteroatoms. The van der Waals surface area contributed by atoms with Gasteiger partial charge in [0.15, 0.2) is 12.6 Å². The first-order chi connectivity index (χ1) is 11.6. The van der Waals surface area contributed by atoms with E-state index in [-0.39, 0.29) is 26.4 Å². The molecular weight excluding hydrogens is 320 g/mol. The first-order valence-electron chi connectivity index (χ1n) is 7.57. The van der Waals surface area contributed by atoms with Crippen molar-refractivity contribution in [3.8, 4) is 0 Å². The molecule has 2 fully saturated rings. The van der Waals surface area contributed by atoms with E-state index in [0.717, 1.165) is 0 Å².